The van der Waals surface area contributed by atoms with E-state index < -0.39 is 12.0 Å². The van der Waals surface area contributed by atoms with Gasteiger partial charge >= 0.3 is 0 Å². The molecule has 17 heavy (non-hydrogen) atoms. The lowest BCUT2D eigenvalue weighted by molar-refractivity contribution is -0.126. The maximum Gasteiger partial charge on any atom is 0.250 e. The van der Waals surface area contributed by atoms with Gasteiger partial charge in [0.15, 0.2) is 6.10 Å². The Labute approximate surface area is 102 Å². The zero-order chi connectivity index (χ0) is 12.3. The largest absolute Gasteiger partial charge is 0.378 e. The van der Waals surface area contributed by atoms with Crippen LogP contribution in [-0.2, 0) is 4.79 Å². The number of aliphatic hydroxyl groups is 1. The molecule has 0 spiro atoms. The van der Waals surface area contributed by atoms with E-state index in [0.717, 1.165) is 18.4 Å². The Morgan fingerprint density at radius 2 is 1.88 bits per heavy atom. The van der Waals surface area contributed by atoms with Crippen LogP contribution in [0.25, 0.3) is 0 Å². The number of carbonyl (C=O) groups is 1. The Hall–Kier alpha value is -1.35. The molecule has 0 radical (unpaired) electrons. The fraction of sp³-hybridized carbons (Fsp3) is 0.500. The van der Waals surface area contributed by atoms with Crippen LogP contribution in [0.1, 0.15) is 55.3 Å². The summed E-state index contributed by atoms with van der Waals surface area (Å²) in [6, 6.07) is 7.62. The predicted molar refractivity (Wildman–Crippen MR) is 66.4 cm³/mol. The monoisotopic (exact) mass is 233 g/mol. The van der Waals surface area contributed by atoms with Gasteiger partial charge in [0.1, 0.15) is 0 Å². The number of nitrogens with two attached hydrogens (primary N) is 1. The topological polar surface area (TPSA) is 63.3 Å². The van der Waals surface area contributed by atoms with Gasteiger partial charge in [-0.2, -0.15) is 0 Å². The molecule has 3 nitrogen and oxygen atoms in total. The van der Waals surface area contributed by atoms with Gasteiger partial charge in [-0.05, 0) is 29.9 Å². The molecule has 3 heteroatoms. The van der Waals surface area contributed by atoms with Crippen molar-refractivity contribution in [2.24, 2.45) is 5.73 Å². The van der Waals surface area contributed by atoms with E-state index in [4.69, 9.17) is 5.73 Å². The molecule has 0 bridgehead atoms. The molecule has 92 valence electrons. The average molecular weight is 233 g/mol. The lowest BCUT2D eigenvalue weighted by Crippen LogP contribution is -2.22. The van der Waals surface area contributed by atoms with Gasteiger partial charge in [0, 0.05) is 0 Å². The summed E-state index contributed by atoms with van der Waals surface area (Å²) in [6.07, 6.45) is 4.85. The van der Waals surface area contributed by atoms with Crippen molar-refractivity contribution in [2.45, 2.75) is 44.1 Å². The van der Waals surface area contributed by atoms with E-state index in [1.165, 1.54) is 19.3 Å². The molecular weight excluding hydrogens is 214 g/mol. The van der Waals surface area contributed by atoms with Crippen molar-refractivity contribution >= 4 is 5.91 Å². The van der Waals surface area contributed by atoms with Crippen LogP contribution in [0.3, 0.4) is 0 Å². The summed E-state index contributed by atoms with van der Waals surface area (Å²) in [5, 5.41) is 9.83. The second-order valence-corrected chi connectivity index (χ2v) is 4.77. The standard InChI is InChI=1S/C14H19NO2/c15-14(17)13(16)12-9-5-4-8-11(12)10-6-2-1-3-7-10/h4-5,8-10,13,16H,1-3,6-7H2,(H2,15,17). The normalized spacial score (nSPS) is 18.9. The fourth-order valence-corrected chi connectivity index (χ4v) is 2.70. The molecule has 1 aromatic rings. The number of hydrogen-bond acceptors (Lipinski definition) is 2. The highest BCUT2D eigenvalue weighted by molar-refractivity contribution is 5.80. The maximum absolute atomic E-state index is 11.1. The number of aliphatic hydroxyl groups excluding tert-OH is 1. The van der Waals surface area contributed by atoms with Crippen LogP contribution < -0.4 is 5.73 Å². The number of carbonyl (C=O) groups excluding carboxylic acids is 1. The first-order valence-electron chi connectivity index (χ1n) is 6.26. The van der Waals surface area contributed by atoms with E-state index in [9.17, 15) is 9.90 Å². The molecule has 1 amide bonds. The van der Waals surface area contributed by atoms with Crippen LogP contribution in [-0.4, -0.2) is 11.0 Å². The van der Waals surface area contributed by atoms with Gasteiger partial charge in [0.2, 0.25) is 0 Å². The first-order valence-corrected chi connectivity index (χ1v) is 6.26. The van der Waals surface area contributed by atoms with Crippen molar-refractivity contribution in [2.75, 3.05) is 0 Å². The molecular formula is C14H19NO2. The molecule has 1 aliphatic rings. The summed E-state index contributed by atoms with van der Waals surface area (Å²) in [4.78, 5) is 11.1. The zero-order valence-corrected chi connectivity index (χ0v) is 9.93. The minimum absolute atomic E-state index is 0.467. The van der Waals surface area contributed by atoms with Crippen molar-refractivity contribution in [3.05, 3.63) is 35.4 Å². The summed E-state index contributed by atoms with van der Waals surface area (Å²) >= 11 is 0. The Morgan fingerprint density at radius 1 is 1.24 bits per heavy atom. The number of primary amides is 1. The van der Waals surface area contributed by atoms with Crippen molar-refractivity contribution in [1.29, 1.82) is 0 Å². The summed E-state index contributed by atoms with van der Waals surface area (Å²) in [6.45, 7) is 0. The molecule has 1 unspecified atom stereocenters. The summed E-state index contributed by atoms with van der Waals surface area (Å²) < 4.78 is 0. The molecule has 1 saturated carbocycles. The van der Waals surface area contributed by atoms with Gasteiger partial charge in [-0.25, -0.2) is 0 Å². The average Bonchev–Trinajstić information content (AvgIpc) is 2.39. The van der Waals surface area contributed by atoms with Crippen molar-refractivity contribution < 1.29 is 9.90 Å². The Balaban J connectivity index is 2.29. The van der Waals surface area contributed by atoms with E-state index in [1.807, 2.05) is 18.2 Å². The fourth-order valence-electron chi connectivity index (χ4n) is 2.70. The highest BCUT2D eigenvalue weighted by Crippen LogP contribution is 2.36. The molecule has 0 aliphatic heterocycles. The summed E-state index contributed by atoms with van der Waals surface area (Å²) in [7, 11) is 0. The smallest absolute Gasteiger partial charge is 0.250 e. The van der Waals surface area contributed by atoms with Gasteiger partial charge in [0.25, 0.3) is 5.91 Å². The van der Waals surface area contributed by atoms with Gasteiger partial charge in [-0.1, -0.05) is 43.5 Å². The summed E-state index contributed by atoms with van der Waals surface area (Å²) in [5.74, 6) is -0.206. The van der Waals surface area contributed by atoms with E-state index in [0.29, 0.717) is 11.5 Å². The van der Waals surface area contributed by atoms with Crippen LogP contribution >= 0.6 is 0 Å². The molecule has 3 N–H and O–H groups in total. The van der Waals surface area contributed by atoms with Crippen LogP contribution in [0.2, 0.25) is 0 Å². The third-order valence-corrected chi connectivity index (χ3v) is 3.61. The Kier molecular flexibility index (Phi) is 3.79. The van der Waals surface area contributed by atoms with E-state index in [1.54, 1.807) is 6.07 Å². The van der Waals surface area contributed by atoms with Gasteiger partial charge in [0.05, 0.1) is 0 Å². The van der Waals surface area contributed by atoms with Crippen LogP contribution in [0.5, 0.6) is 0 Å². The lowest BCUT2D eigenvalue weighted by atomic mass is 9.81. The van der Waals surface area contributed by atoms with Crippen LogP contribution in [0.4, 0.5) is 0 Å². The molecule has 0 heterocycles. The van der Waals surface area contributed by atoms with E-state index in [2.05, 4.69) is 0 Å². The number of hydrogen-bond donors (Lipinski definition) is 2. The van der Waals surface area contributed by atoms with Gasteiger partial charge < -0.3 is 10.8 Å². The second-order valence-electron chi connectivity index (χ2n) is 4.77. The molecule has 1 aliphatic carbocycles. The Bertz CT molecular complexity index is 397. The predicted octanol–water partition coefficient (Wildman–Crippen LogP) is 2.25. The maximum atomic E-state index is 11.1. The first-order chi connectivity index (χ1) is 8.20. The molecule has 1 aromatic carbocycles. The lowest BCUT2D eigenvalue weighted by Gasteiger charge is -2.25. The third-order valence-electron chi connectivity index (χ3n) is 3.61. The molecule has 1 fully saturated rings. The Morgan fingerprint density at radius 3 is 2.53 bits per heavy atom. The molecule has 0 saturated heterocycles. The third kappa shape index (κ3) is 2.67. The van der Waals surface area contributed by atoms with Gasteiger partial charge in [-0.3, -0.25) is 4.79 Å². The summed E-state index contributed by atoms with van der Waals surface area (Å²) in [5.41, 5.74) is 6.96. The van der Waals surface area contributed by atoms with Crippen LogP contribution in [0.15, 0.2) is 24.3 Å². The van der Waals surface area contributed by atoms with Crippen molar-refractivity contribution in [1.82, 2.24) is 0 Å². The molecule has 1 atom stereocenters. The number of rotatable bonds is 3. The first kappa shape index (κ1) is 12.1. The number of benzene rings is 1. The van der Waals surface area contributed by atoms with Gasteiger partial charge in [-0.15, -0.1) is 0 Å². The van der Waals surface area contributed by atoms with Crippen molar-refractivity contribution in [3.63, 3.8) is 0 Å². The zero-order valence-electron chi connectivity index (χ0n) is 9.93. The minimum Gasteiger partial charge on any atom is -0.378 e. The highest BCUT2D eigenvalue weighted by Gasteiger charge is 2.23. The van der Waals surface area contributed by atoms with E-state index >= 15 is 0 Å². The quantitative estimate of drug-likeness (QED) is 0.841. The second kappa shape index (κ2) is 5.32. The number of amides is 1. The van der Waals surface area contributed by atoms with E-state index in [-0.39, 0.29) is 0 Å². The minimum atomic E-state index is -1.17. The molecule has 0 aromatic heterocycles. The highest BCUT2D eigenvalue weighted by atomic mass is 16.3. The van der Waals surface area contributed by atoms with Crippen molar-refractivity contribution in [3.8, 4) is 0 Å². The molecule has 2 rings (SSSR count). The van der Waals surface area contributed by atoms with Crippen LogP contribution in [0, 0.1) is 0 Å². The SMILES string of the molecule is NC(=O)C(O)c1ccccc1C1CCCCC1.